The van der Waals surface area contributed by atoms with E-state index in [-0.39, 0.29) is 22.0 Å². The molecule has 9 heteroatoms. The van der Waals surface area contributed by atoms with Crippen molar-refractivity contribution in [3.8, 4) is 0 Å². The normalized spacial score (nSPS) is 20.7. The van der Waals surface area contributed by atoms with E-state index in [1.54, 1.807) is 24.3 Å². The average molecular weight is 417 g/mol. The zero-order valence-corrected chi connectivity index (χ0v) is 14.4. The molecule has 1 amide bonds. The van der Waals surface area contributed by atoms with E-state index < -0.39 is 24.2 Å². The van der Waals surface area contributed by atoms with Gasteiger partial charge in [0.25, 0.3) is 11.6 Å². The SMILES string of the molecule is Cc1occc1C(=O)N1N=C(c2ccc(Br)cc2)C[C@@]1(O)C(F)(F)F. The minimum atomic E-state index is -5.08. The van der Waals surface area contributed by atoms with Crippen LogP contribution >= 0.6 is 15.9 Å². The van der Waals surface area contributed by atoms with Crippen LogP contribution in [0.1, 0.15) is 28.1 Å². The van der Waals surface area contributed by atoms with Crippen LogP contribution in [-0.4, -0.2) is 33.6 Å². The largest absolute Gasteiger partial charge is 0.469 e. The van der Waals surface area contributed by atoms with Gasteiger partial charge in [0, 0.05) is 4.47 Å². The van der Waals surface area contributed by atoms with E-state index in [0.29, 0.717) is 5.56 Å². The fourth-order valence-corrected chi connectivity index (χ4v) is 2.77. The van der Waals surface area contributed by atoms with Crippen LogP contribution in [0.2, 0.25) is 0 Å². The van der Waals surface area contributed by atoms with E-state index in [9.17, 15) is 23.1 Å². The van der Waals surface area contributed by atoms with Gasteiger partial charge in [0.05, 0.1) is 24.0 Å². The first-order valence-electron chi connectivity index (χ1n) is 7.14. The molecule has 1 aliphatic heterocycles. The minimum Gasteiger partial charge on any atom is -0.469 e. The Hall–Kier alpha value is -2.13. The van der Waals surface area contributed by atoms with E-state index in [1.807, 2.05) is 0 Å². The first-order valence-corrected chi connectivity index (χ1v) is 7.94. The van der Waals surface area contributed by atoms with Crippen molar-refractivity contribution in [2.75, 3.05) is 0 Å². The molecule has 5 nitrogen and oxygen atoms in total. The van der Waals surface area contributed by atoms with Gasteiger partial charge in [0.2, 0.25) is 0 Å². The molecule has 132 valence electrons. The molecule has 0 bridgehead atoms. The Morgan fingerprint density at radius 3 is 2.48 bits per heavy atom. The van der Waals surface area contributed by atoms with Crippen molar-refractivity contribution in [2.24, 2.45) is 5.10 Å². The summed E-state index contributed by atoms with van der Waals surface area (Å²) in [4.78, 5) is 12.5. The maximum atomic E-state index is 13.5. The summed E-state index contributed by atoms with van der Waals surface area (Å²) in [6.07, 6.45) is -4.76. The summed E-state index contributed by atoms with van der Waals surface area (Å²) < 4.78 is 46.2. The molecule has 1 aliphatic rings. The number of amides is 1. The quantitative estimate of drug-likeness (QED) is 0.808. The smallest absolute Gasteiger partial charge is 0.438 e. The molecule has 25 heavy (non-hydrogen) atoms. The van der Waals surface area contributed by atoms with Gasteiger partial charge in [-0.05, 0) is 30.7 Å². The predicted octanol–water partition coefficient (Wildman–Crippen LogP) is 3.85. The number of benzene rings is 1. The third kappa shape index (κ3) is 2.98. The van der Waals surface area contributed by atoms with Crippen LogP contribution < -0.4 is 0 Å². The number of nitrogens with zero attached hydrogens (tertiary/aromatic N) is 2. The average Bonchev–Trinajstić information content (AvgIpc) is 3.11. The highest BCUT2D eigenvalue weighted by Gasteiger charge is 2.63. The Morgan fingerprint density at radius 2 is 1.96 bits per heavy atom. The van der Waals surface area contributed by atoms with Crippen molar-refractivity contribution in [1.29, 1.82) is 0 Å². The molecule has 0 radical (unpaired) electrons. The van der Waals surface area contributed by atoms with Crippen LogP contribution in [0.5, 0.6) is 0 Å². The zero-order chi connectivity index (χ0) is 18.4. The summed E-state index contributed by atoms with van der Waals surface area (Å²) in [5.74, 6) is -0.944. The highest BCUT2D eigenvalue weighted by molar-refractivity contribution is 9.10. The first-order chi connectivity index (χ1) is 11.6. The van der Waals surface area contributed by atoms with Gasteiger partial charge in [-0.2, -0.15) is 23.3 Å². The molecule has 0 saturated heterocycles. The second-order valence-electron chi connectivity index (χ2n) is 5.55. The van der Waals surface area contributed by atoms with Crippen molar-refractivity contribution < 1.29 is 27.5 Å². The fourth-order valence-electron chi connectivity index (χ4n) is 2.50. The Labute approximate surface area is 148 Å². The molecular weight excluding hydrogens is 405 g/mol. The molecule has 0 unspecified atom stereocenters. The van der Waals surface area contributed by atoms with Crippen LogP contribution in [0.4, 0.5) is 13.2 Å². The van der Waals surface area contributed by atoms with Crippen LogP contribution in [0.15, 0.2) is 50.6 Å². The molecule has 0 spiro atoms. The molecule has 0 fully saturated rings. The maximum absolute atomic E-state index is 13.5. The number of alkyl halides is 3. The van der Waals surface area contributed by atoms with Gasteiger partial charge in [0.15, 0.2) is 0 Å². The molecule has 0 saturated carbocycles. The van der Waals surface area contributed by atoms with E-state index >= 15 is 0 Å². The van der Waals surface area contributed by atoms with Crippen molar-refractivity contribution in [2.45, 2.75) is 25.2 Å². The summed E-state index contributed by atoms with van der Waals surface area (Å²) in [5.41, 5.74) is -3.17. The minimum absolute atomic E-state index is 0.0400. The molecular formula is C16H12BrF3N2O3. The molecule has 0 aliphatic carbocycles. The Kier molecular flexibility index (Phi) is 4.24. The number of furan rings is 1. The lowest BCUT2D eigenvalue weighted by atomic mass is 10.0. The number of rotatable bonds is 2. The summed E-state index contributed by atoms with van der Waals surface area (Å²) >= 11 is 3.23. The number of hydrogen-bond acceptors (Lipinski definition) is 4. The van der Waals surface area contributed by atoms with Gasteiger partial charge in [-0.25, -0.2) is 0 Å². The predicted molar refractivity (Wildman–Crippen MR) is 85.9 cm³/mol. The number of carbonyl (C=O) groups is 1. The van der Waals surface area contributed by atoms with E-state index in [4.69, 9.17) is 4.42 Å². The molecule has 2 heterocycles. The molecule has 3 rings (SSSR count). The topological polar surface area (TPSA) is 66.0 Å². The summed E-state index contributed by atoms with van der Waals surface area (Å²) in [7, 11) is 0. The lowest BCUT2D eigenvalue weighted by molar-refractivity contribution is -0.297. The fraction of sp³-hybridized carbons (Fsp3) is 0.250. The molecule has 1 aromatic carbocycles. The van der Waals surface area contributed by atoms with Gasteiger partial charge in [-0.3, -0.25) is 4.79 Å². The van der Waals surface area contributed by atoms with Crippen LogP contribution in [-0.2, 0) is 0 Å². The maximum Gasteiger partial charge on any atom is 0.438 e. The first kappa shape index (κ1) is 17.7. The van der Waals surface area contributed by atoms with Crippen molar-refractivity contribution in [1.82, 2.24) is 5.01 Å². The Morgan fingerprint density at radius 1 is 1.32 bits per heavy atom. The van der Waals surface area contributed by atoms with Crippen LogP contribution in [0, 0.1) is 6.92 Å². The van der Waals surface area contributed by atoms with E-state index in [0.717, 1.165) is 4.47 Å². The van der Waals surface area contributed by atoms with Crippen molar-refractivity contribution >= 4 is 27.5 Å². The van der Waals surface area contributed by atoms with Gasteiger partial charge < -0.3 is 9.52 Å². The Balaban J connectivity index is 2.05. The standard InChI is InChI=1S/C16H12BrF3N2O3/c1-9-12(6-7-25-9)14(23)22-15(24,16(18,19)20)8-13(21-22)10-2-4-11(17)5-3-10/h2-7,24H,8H2,1H3/t15-/m1/s1. The monoisotopic (exact) mass is 416 g/mol. The summed E-state index contributed by atoms with van der Waals surface area (Å²) in [6.45, 7) is 1.44. The Bertz CT molecular complexity index is 845. The van der Waals surface area contributed by atoms with Crippen LogP contribution in [0.3, 0.4) is 0 Å². The highest BCUT2D eigenvalue weighted by atomic mass is 79.9. The van der Waals surface area contributed by atoms with E-state index in [2.05, 4.69) is 21.0 Å². The number of hydrogen-bond donors (Lipinski definition) is 1. The number of halogens is 4. The number of hydrazone groups is 1. The highest BCUT2D eigenvalue weighted by Crippen LogP contribution is 2.42. The summed E-state index contributed by atoms with van der Waals surface area (Å²) in [6, 6.07) is 7.61. The lowest BCUT2D eigenvalue weighted by Crippen LogP contribution is -2.56. The second kappa shape index (κ2) is 5.99. The van der Waals surface area contributed by atoms with Gasteiger partial charge in [-0.15, -0.1) is 0 Å². The number of aliphatic hydroxyl groups is 1. The number of carbonyl (C=O) groups excluding carboxylic acids is 1. The molecule has 1 aromatic heterocycles. The zero-order valence-electron chi connectivity index (χ0n) is 12.8. The third-order valence-corrected chi connectivity index (χ3v) is 4.43. The number of aryl methyl sites for hydroxylation is 1. The van der Waals surface area contributed by atoms with Gasteiger partial charge >= 0.3 is 6.18 Å². The van der Waals surface area contributed by atoms with Gasteiger partial charge in [-0.1, -0.05) is 28.1 Å². The second-order valence-corrected chi connectivity index (χ2v) is 6.47. The summed E-state index contributed by atoms with van der Waals surface area (Å²) in [5, 5.41) is 14.1. The van der Waals surface area contributed by atoms with Crippen molar-refractivity contribution in [3.05, 3.63) is 58.0 Å². The van der Waals surface area contributed by atoms with Gasteiger partial charge in [0.1, 0.15) is 5.76 Å². The lowest BCUT2D eigenvalue weighted by Gasteiger charge is -2.32. The van der Waals surface area contributed by atoms with Crippen LogP contribution in [0.25, 0.3) is 0 Å². The molecule has 1 atom stereocenters. The van der Waals surface area contributed by atoms with E-state index in [1.165, 1.54) is 19.3 Å². The molecule has 1 N–H and O–H groups in total. The third-order valence-electron chi connectivity index (χ3n) is 3.90. The van der Waals surface area contributed by atoms with Crippen molar-refractivity contribution in [3.63, 3.8) is 0 Å². The molecule has 2 aromatic rings.